The molecular formula is C19H19N5O4. The highest BCUT2D eigenvalue weighted by Gasteiger charge is 2.16. The van der Waals surface area contributed by atoms with Crippen LogP contribution in [0.5, 0.6) is 5.75 Å². The first kappa shape index (κ1) is 19.4. The van der Waals surface area contributed by atoms with Crippen molar-refractivity contribution < 1.29 is 19.4 Å². The van der Waals surface area contributed by atoms with Crippen LogP contribution >= 0.6 is 0 Å². The lowest BCUT2D eigenvalue weighted by Gasteiger charge is -2.09. The molecule has 9 heteroatoms. The summed E-state index contributed by atoms with van der Waals surface area (Å²) in [6.07, 6.45) is 6.30. The van der Waals surface area contributed by atoms with Gasteiger partial charge in [0.2, 0.25) is 0 Å². The van der Waals surface area contributed by atoms with Crippen LogP contribution in [-0.2, 0) is 9.47 Å². The van der Waals surface area contributed by atoms with Crippen molar-refractivity contribution in [3.8, 4) is 11.8 Å². The monoisotopic (exact) mass is 381 g/mol. The lowest BCUT2D eigenvalue weighted by molar-refractivity contribution is 0.0105. The molecule has 2 aliphatic heterocycles. The fraction of sp³-hybridized carbons (Fsp3) is 0.263. The van der Waals surface area contributed by atoms with E-state index < -0.39 is 0 Å². The third kappa shape index (κ3) is 4.89. The Labute approximate surface area is 162 Å². The van der Waals surface area contributed by atoms with E-state index in [0.717, 1.165) is 10.6 Å². The highest BCUT2D eigenvalue weighted by atomic mass is 16.5. The average molecular weight is 381 g/mol. The summed E-state index contributed by atoms with van der Waals surface area (Å²) in [5, 5.41) is 27.8. The fourth-order valence-electron chi connectivity index (χ4n) is 2.39. The number of ether oxygens (including phenoxy) is 3. The van der Waals surface area contributed by atoms with E-state index in [1.807, 2.05) is 0 Å². The largest absolute Gasteiger partial charge is 0.490 e. The molecule has 0 aliphatic carbocycles. The average Bonchev–Trinajstić information content (AvgIpc) is 3.21. The number of allylic oxidation sites excluding steroid dienone is 3. The molecule has 0 unspecified atom stereocenters. The molecular weight excluding hydrogens is 362 g/mol. The minimum Gasteiger partial charge on any atom is -0.490 e. The SMILES string of the molecule is COCCOCCOc1ccc(C2=NC(=C3C=CN(O)C=C3)N=N2)cc1C#N. The van der Waals surface area contributed by atoms with E-state index >= 15 is 0 Å². The van der Waals surface area contributed by atoms with Crippen LogP contribution < -0.4 is 4.74 Å². The summed E-state index contributed by atoms with van der Waals surface area (Å²) in [7, 11) is 1.61. The van der Waals surface area contributed by atoms with Gasteiger partial charge in [-0.15, -0.1) is 10.2 Å². The summed E-state index contributed by atoms with van der Waals surface area (Å²) in [4.78, 5) is 4.39. The molecule has 1 aromatic carbocycles. The maximum absolute atomic E-state index is 9.41. The Bertz CT molecular complexity index is 895. The summed E-state index contributed by atoms with van der Waals surface area (Å²) >= 11 is 0. The van der Waals surface area contributed by atoms with Gasteiger partial charge >= 0.3 is 0 Å². The molecule has 0 radical (unpaired) electrons. The van der Waals surface area contributed by atoms with E-state index in [4.69, 9.17) is 14.2 Å². The standard InChI is InChI=1S/C19H19N5O4/c1-26-8-9-27-10-11-28-17-3-2-15(12-16(17)13-20)19-21-18(22-23-19)14-4-6-24(25)7-5-14/h2-7,12,25H,8-11H2,1H3. The van der Waals surface area contributed by atoms with Crippen molar-refractivity contribution in [2.75, 3.05) is 33.5 Å². The second-order valence-corrected chi connectivity index (χ2v) is 5.70. The number of azo groups is 1. The fourth-order valence-corrected chi connectivity index (χ4v) is 2.39. The first-order chi connectivity index (χ1) is 13.7. The van der Waals surface area contributed by atoms with E-state index in [2.05, 4.69) is 21.3 Å². The Morgan fingerprint density at radius 3 is 2.64 bits per heavy atom. The van der Waals surface area contributed by atoms with Crippen LogP contribution in [0.25, 0.3) is 0 Å². The normalized spacial score (nSPS) is 15.2. The van der Waals surface area contributed by atoms with Gasteiger partial charge in [-0.3, -0.25) is 5.21 Å². The Hall–Kier alpha value is -3.32. The Balaban J connectivity index is 1.67. The van der Waals surface area contributed by atoms with Gasteiger partial charge < -0.3 is 14.2 Å². The lowest BCUT2D eigenvalue weighted by atomic mass is 10.1. The molecule has 3 rings (SSSR count). The minimum absolute atomic E-state index is 0.329. The van der Waals surface area contributed by atoms with Gasteiger partial charge in [0.1, 0.15) is 18.4 Å². The van der Waals surface area contributed by atoms with Gasteiger partial charge in [0.25, 0.3) is 0 Å². The zero-order valence-corrected chi connectivity index (χ0v) is 15.3. The van der Waals surface area contributed by atoms with Gasteiger partial charge in [0, 0.05) is 30.6 Å². The van der Waals surface area contributed by atoms with Crippen LogP contribution in [0.15, 0.2) is 69.4 Å². The second-order valence-electron chi connectivity index (χ2n) is 5.70. The lowest BCUT2D eigenvalue weighted by Crippen LogP contribution is -2.10. The van der Waals surface area contributed by atoms with E-state index in [1.165, 1.54) is 12.4 Å². The molecule has 0 bridgehead atoms. The molecule has 144 valence electrons. The molecule has 9 nitrogen and oxygen atoms in total. The van der Waals surface area contributed by atoms with Gasteiger partial charge in [-0.1, -0.05) is 0 Å². The molecule has 2 aliphatic rings. The van der Waals surface area contributed by atoms with Gasteiger partial charge in [-0.25, -0.2) is 10.1 Å². The highest BCUT2D eigenvalue weighted by molar-refractivity contribution is 6.01. The number of nitriles is 1. The van der Waals surface area contributed by atoms with Gasteiger partial charge in [-0.05, 0) is 30.4 Å². The van der Waals surface area contributed by atoms with E-state index in [-0.39, 0.29) is 0 Å². The first-order valence-electron chi connectivity index (χ1n) is 8.53. The predicted octanol–water partition coefficient (Wildman–Crippen LogP) is 2.76. The van der Waals surface area contributed by atoms with Crippen LogP contribution in [-0.4, -0.2) is 49.6 Å². The topological polar surface area (TPSA) is 112 Å². The summed E-state index contributed by atoms with van der Waals surface area (Å²) in [5.41, 5.74) is 1.76. The smallest absolute Gasteiger partial charge is 0.184 e. The van der Waals surface area contributed by atoms with Crippen LogP contribution in [0, 0.1) is 11.3 Å². The zero-order valence-electron chi connectivity index (χ0n) is 15.3. The van der Waals surface area contributed by atoms with Crippen LogP contribution in [0.4, 0.5) is 0 Å². The molecule has 0 fully saturated rings. The van der Waals surface area contributed by atoms with Crippen LogP contribution in [0.1, 0.15) is 11.1 Å². The van der Waals surface area contributed by atoms with Crippen molar-refractivity contribution in [2.45, 2.75) is 0 Å². The molecule has 1 aromatic rings. The molecule has 0 atom stereocenters. The van der Waals surface area contributed by atoms with E-state index in [0.29, 0.717) is 55.0 Å². The predicted molar refractivity (Wildman–Crippen MR) is 99.7 cm³/mol. The van der Waals surface area contributed by atoms with Crippen LogP contribution in [0.2, 0.25) is 0 Å². The third-order valence-electron chi connectivity index (χ3n) is 3.80. The van der Waals surface area contributed by atoms with E-state index in [1.54, 1.807) is 37.5 Å². The number of benzene rings is 1. The number of hydrogen-bond acceptors (Lipinski definition) is 9. The Morgan fingerprint density at radius 1 is 1.11 bits per heavy atom. The number of hydrogen-bond donors (Lipinski definition) is 1. The van der Waals surface area contributed by atoms with Crippen molar-refractivity contribution in [2.24, 2.45) is 15.2 Å². The number of aliphatic imine (C=N–C) groups is 1. The Morgan fingerprint density at radius 2 is 1.89 bits per heavy atom. The molecule has 0 spiro atoms. The van der Waals surface area contributed by atoms with Gasteiger partial charge in [0.05, 0.1) is 25.4 Å². The highest BCUT2D eigenvalue weighted by Crippen LogP contribution is 2.25. The number of amidine groups is 1. The van der Waals surface area contributed by atoms with Crippen molar-refractivity contribution in [1.82, 2.24) is 5.06 Å². The number of hydroxylamine groups is 2. The van der Waals surface area contributed by atoms with Crippen molar-refractivity contribution in [3.63, 3.8) is 0 Å². The first-order valence-corrected chi connectivity index (χ1v) is 8.53. The summed E-state index contributed by atoms with van der Waals surface area (Å²) in [6, 6.07) is 7.26. The minimum atomic E-state index is 0.329. The molecule has 0 amide bonds. The molecule has 0 saturated carbocycles. The molecule has 1 N–H and O–H groups in total. The number of rotatable bonds is 8. The summed E-state index contributed by atoms with van der Waals surface area (Å²) in [5.74, 6) is 1.31. The van der Waals surface area contributed by atoms with Crippen molar-refractivity contribution in [1.29, 1.82) is 5.26 Å². The zero-order chi connectivity index (χ0) is 19.8. The van der Waals surface area contributed by atoms with E-state index in [9.17, 15) is 10.5 Å². The molecule has 0 saturated heterocycles. The number of nitrogens with zero attached hydrogens (tertiary/aromatic N) is 5. The molecule has 2 heterocycles. The maximum Gasteiger partial charge on any atom is 0.184 e. The maximum atomic E-state index is 9.41. The quantitative estimate of drug-likeness (QED) is 0.693. The van der Waals surface area contributed by atoms with Gasteiger partial charge in [0.15, 0.2) is 11.7 Å². The van der Waals surface area contributed by atoms with Crippen LogP contribution in [0.3, 0.4) is 0 Å². The van der Waals surface area contributed by atoms with Crippen molar-refractivity contribution in [3.05, 3.63) is 65.3 Å². The summed E-state index contributed by atoms with van der Waals surface area (Å²) in [6.45, 7) is 1.75. The third-order valence-corrected chi connectivity index (χ3v) is 3.80. The number of methoxy groups -OCH3 is 1. The second kappa shape index (κ2) is 9.57. The Kier molecular flexibility index (Phi) is 6.64. The molecule has 0 aromatic heterocycles. The van der Waals surface area contributed by atoms with Gasteiger partial charge in [-0.2, -0.15) is 5.26 Å². The summed E-state index contributed by atoms with van der Waals surface area (Å²) < 4.78 is 15.8. The van der Waals surface area contributed by atoms with Crippen molar-refractivity contribution >= 4 is 5.84 Å². The molecule has 28 heavy (non-hydrogen) atoms.